The van der Waals surface area contributed by atoms with Crippen LogP contribution >= 0.6 is 0 Å². The summed E-state index contributed by atoms with van der Waals surface area (Å²) < 4.78 is 11.0. The van der Waals surface area contributed by atoms with E-state index in [4.69, 9.17) is 9.47 Å². The molecule has 4 heteroatoms. The molecule has 1 fully saturated rings. The Labute approximate surface area is 96.0 Å². The Kier molecular flexibility index (Phi) is 4.13. The van der Waals surface area contributed by atoms with Crippen LogP contribution in [0.1, 0.15) is 18.4 Å². The fourth-order valence-corrected chi connectivity index (χ4v) is 1.89. The monoisotopic (exact) mass is 222 g/mol. The zero-order valence-electron chi connectivity index (χ0n) is 9.61. The summed E-state index contributed by atoms with van der Waals surface area (Å²) >= 11 is 0. The molecule has 0 spiro atoms. The number of piperidine rings is 1. The second-order valence-corrected chi connectivity index (χ2v) is 3.95. The topological polar surface area (TPSA) is 43.4 Å². The van der Waals surface area contributed by atoms with E-state index in [9.17, 15) is 0 Å². The first-order chi connectivity index (χ1) is 7.90. The summed E-state index contributed by atoms with van der Waals surface area (Å²) in [7, 11) is 1.63. The Hall–Kier alpha value is -1.13. The highest BCUT2D eigenvalue weighted by atomic mass is 16.5. The van der Waals surface area contributed by atoms with Crippen molar-refractivity contribution in [3.8, 4) is 5.88 Å². The van der Waals surface area contributed by atoms with Crippen LogP contribution in [0.3, 0.4) is 0 Å². The second-order valence-electron chi connectivity index (χ2n) is 3.95. The van der Waals surface area contributed by atoms with Crippen molar-refractivity contribution in [1.82, 2.24) is 10.3 Å². The Balaban J connectivity index is 1.88. The first kappa shape index (κ1) is 11.4. The van der Waals surface area contributed by atoms with Crippen LogP contribution in [0.2, 0.25) is 0 Å². The summed E-state index contributed by atoms with van der Waals surface area (Å²) in [6.07, 6.45) is 4.37. The van der Waals surface area contributed by atoms with Crippen molar-refractivity contribution in [2.45, 2.75) is 25.6 Å². The van der Waals surface area contributed by atoms with Gasteiger partial charge in [0, 0.05) is 18.3 Å². The summed E-state index contributed by atoms with van der Waals surface area (Å²) in [5.74, 6) is 0.659. The molecule has 1 aromatic heterocycles. The predicted octanol–water partition coefficient (Wildman–Crippen LogP) is 1.36. The van der Waals surface area contributed by atoms with E-state index >= 15 is 0 Å². The Morgan fingerprint density at radius 1 is 1.56 bits per heavy atom. The molecule has 1 saturated heterocycles. The maximum Gasteiger partial charge on any atom is 0.218 e. The van der Waals surface area contributed by atoms with Crippen molar-refractivity contribution in [3.05, 3.63) is 23.9 Å². The zero-order chi connectivity index (χ0) is 11.2. The van der Waals surface area contributed by atoms with Gasteiger partial charge in [0.25, 0.3) is 0 Å². The lowest BCUT2D eigenvalue weighted by Crippen LogP contribution is -2.35. The van der Waals surface area contributed by atoms with Crippen molar-refractivity contribution < 1.29 is 9.47 Å². The molecule has 1 unspecified atom stereocenters. The number of hydrogen-bond donors (Lipinski definition) is 1. The van der Waals surface area contributed by atoms with Gasteiger partial charge in [-0.25, -0.2) is 4.98 Å². The van der Waals surface area contributed by atoms with E-state index in [2.05, 4.69) is 10.3 Å². The number of ether oxygens (including phenoxy) is 2. The van der Waals surface area contributed by atoms with Crippen LogP contribution in [0.5, 0.6) is 5.88 Å². The fourth-order valence-electron chi connectivity index (χ4n) is 1.89. The van der Waals surface area contributed by atoms with Gasteiger partial charge in [0.05, 0.1) is 19.8 Å². The Morgan fingerprint density at radius 3 is 3.25 bits per heavy atom. The molecular weight excluding hydrogens is 204 g/mol. The molecule has 4 nitrogen and oxygen atoms in total. The number of aromatic nitrogens is 1. The maximum atomic E-state index is 5.83. The quantitative estimate of drug-likeness (QED) is 0.835. The first-order valence-electron chi connectivity index (χ1n) is 5.70. The van der Waals surface area contributed by atoms with Gasteiger partial charge in [-0.1, -0.05) is 0 Å². The van der Waals surface area contributed by atoms with Gasteiger partial charge in [0.15, 0.2) is 0 Å². The molecule has 2 rings (SSSR count). The van der Waals surface area contributed by atoms with Gasteiger partial charge in [-0.15, -0.1) is 0 Å². The highest BCUT2D eigenvalue weighted by molar-refractivity contribution is 5.24. The standard InChI is InChI=1S/C12H18N2O2/c1-15-12-10(4-2-7-14-12)9-16-11-5-3-6-13-8-11/h2,4,7,11,13H,3,5-6,8-9H2,1H3. The second kappa shape index (κ2) is 5.82. The van der Waals surface area contributed by atoms with Crippen LogP contribution in [0.4, 0.5) is 0 Å². The minimum atomic E-state index is 0.318. The number of pyridine rings is 1. The molecule has 1 aliphatic rings. The zero-order valence-corrected chi connectivity index (χ0v) is 9.61. The average molecular weight is 222 g/mol. The molecule has 1 aromatic rings. The molecule has 0 aliphatic carbocycles. The smallest absolute Gasteiger partial charge is 0.218 e. The number of nitrogens with zero attached hydrogens (tertiary/aromatic N) is 1. The van der Waals surface area contributed by atoms with Crippen molar-refractivity contribution >= 4 is 0 Å². The van der Waals surface area contributed by atoms with Gasteiger partial charge in [-0.3, -0.25) is 0 Å². The van der Waals surface area contributed by atoms with Gasteiger partial charge >= 0.3 is 0 Å². The largest absolute Gasteiger partial charge is 0.481 e. The first-order valence-corrected chi connectivity index (χ1v) is 5.70. The van der Waals surface area contributed by atoms with Crippen LogP contribution in [0, 0.1) is 0 Å². The molecule has 0 saturated carbocycles. The third kappa shape index (κ3) is 2.93. The van der Waals surface area contributed by atoms with E-state index < -0.39 is 0 Å². The van der Waals surface area contributed by atoms with Crippen LogP contribution in [0.15, 0.2) is 18.3 Å². The molecule has 1 atom stereocenters. The molecule has 1 N–H and O–H groups in total. The molecule has 2 heterocycles. The van der Waals surface area contributed by atoms with Gasteiger partial charge < -0.3 is 14.8 Å². The van der Waals surface area contributed by atoms with Crippen LogP contribution in [-0.4, -0.2) is 31.3 Å². The molecular formula is C12H18N2O2. The van der Waals surface area contributed by atoms with Crippen LogP contribution in [0.25, 0.3) is 0 Å². The summed E-state index contributed by atoms with van der Waals surface area (Å²) in [4.78, 5) is 4.14. The predicted molar refractivity (Wildman–Crippen MR) is 61.5 cm³/mol. The van der Waals surface area contributed by atoms with E-state index in [1.54, 1.807) is 13.3 Å². The number of nitrogens with one attached hydrogen (secondary N) is 1. The van der Waals surface area contributed by atoms with Gasteiger partial charge in [0.2, 0.25) is 5.88 Å². The molecule has 88 valence electrons. The minimum absolute atomic E-state index is 0.318. The number of rotatable bonds is 4. The van der Waals surface area contributed by atoms with Crippen LogP contribution < -0.4 is 10.1 Å². The van der Waals surface area contributed by atoms with E-state index in [0.29, 0.717) is 18.6 Å². The third-order valence-electron chi connectivity index (χ3n) is 2.77. The normalized spacial score (nSPS) is 20.7. The summed E-state index contributed by atoms with van der Waals surface area (Å²) in [5, 5.41) is 3.33. The fraction of sp³-hybridized carbons (Fsp3) is 0.583. The summed E-state index contributed by atoms with van der Waals surface area (Å²) in [6, 6.07) is 3.89. The molecule has 16 heavy (non-hydrogen) atoms. The third-order valence-corrected chi connectivity index (χ3v) is 2.77. The van der Waals surface area contributed by atoms with E-state index in [1.165, 1.54) is 6.42 Å². The average Bonchev–Trinajstić information content (AvgIpc) is 2.38. The molecule has 1 aliphatic heterocycles. The molecule has 0 amide bonds. The molecule has 0 aromatic carbocycles. The lowest BCUT2D eigenvalue weighted by molar-refractivity contribution is 0.0242. The molecule has 0 bridgehead atoms. The number of methoxy groups -OCH3 is 1. The maximum absolute atomic E-state index is 5.83. The van der Waals surface area contributed by atoms with Crippen molar-refractivity contribution in [3.63, 3.8) is 0 Å². The highest BCUT2D eigenvalue weighted by Gasteiger charge is 2.14. The summed E-state index contributed by atoms with van der Waals surface area (Å²) in [5.41, 5.74) is 1.01. The van der Waals surface area contributed by atoms with Gasteiger partial charge in [-0.05, 0) is 31.5 Å². The van der Waals surface area contributed by atoms with Gasteiger partial charge in [0.1, 0.15) is 0 Å². The number of hydrogen-bond acceptors (Lipinski definition) is 4. The van der Waals surface area contributed by atoms with Crippen molar-refractivity contribution in [2.75, 3.05) is 20.2 Å². The van der Waals surface area contributed by atoms with Crippen molar-refractivity contribution in [1.29, 1.82) is 0 Å². The SMILES string of the molecule is COc1ncccc1COC1CCCNC1. The minimum Gasteiger partial charge on any atom is -0.481 e. The van der Waals surface area contributed by atoms with E-state index in [1.807, 2.05) is 12.1 Å². The van der Waals surface area contributed by atoms with E-state index in [-0.39, 0.29) is 0 Å². The van der Waals surface area contributed by atoms with Gasteiger partial charge in [-0.2, -0.15) is 0 Å². The Morgan fingerprint density at radius 2 is 2.50 bits per heavy atom. The highest BCUT2D eigenvalue weighted by Crippen LogP contribution is 2.16. The van der Waals surface area contributed by atoms with E-state index in [0.717, 1.165) is 25.1 Å². The Bertz CT molecular complexity index is 325. The van der Waals surface area contributed by atoms with Crippen LogP contribution in [-0.2, 0) is 11.3 Å². The lowest BCUT2D eigenvalue weighted by Gasteiger charge is -2.23. The molecule has 0 radical (unpaired) electrons. The van der Waals surface area contributed by atoms with Crippen molar-refractivity contribution in [2.24, 2.45) is 0 Å². The lowest BCUT2D eigenvalue weighted by atomic mass is 10.1. The summed E-state index contributed by atoms with van der Waals surface area (Å²) in [6.45, 7) is 2.63.